The van der Waals surface area contributed by atoms with E-state index in [0.29, 0.717) is 26.1 Å². The molecule has 1 heterocycles. The summed E-state index contributed by atoms with van der Waals surface area (Å²) in [6, 6.07) is -0.120. The van der Waals surface area contributed by atoms with Crippen LogP contribution in [0.25, 0.3) is 0 Å². The van der Waals surface area contributed by atoms with Gasteiger partial charge in [-0.1, -0.05) is 6.08 Å². The highest BCUT2D eigenvalue weighted by molar-refractivity contribution is 5.76. The van der Waals surface area contributed by atoms with Gasteiger partial charge in [-0.05, 0) is 12.8 Å². The molecule has 5 heteroatoms. The average Bonchev–Trinajstić information content (AvgIpc) is 2.28. The largest absolute Gasteiger partial charge is 0.481 e. The zero-order valence-electron chi connectivity index (χ0n) is 9.56. The molecule has 1 saturated heterocycles. The number of hydrogen-bond donors (Lipinski definition) is 1. The number of likely N-dealkylation sites (tertiary alicyclic amines) is 1. The maximum Gasteiger partial charge on any atom is 0.320 e. The van der Waals surface area contributed by atoms with Gasteiger partial charge in [0.1, 0.15) is 0 Å². The molecule has 1 aliphatic rings. The smallest absolute Gasteiger partial charge is 0.320 e. The number of hydrogen-bond acceptors (Lipinski definition) is 2. The number of carboxylic acid groups (broad SMARTS) is 1. The van der Waals surface area contributed by atoms with Crippen molar-refractivity contribution in [2.75, 3.05) is 26.7 Å². The normalized spacial score (nSPS) is 20.3. The Bertz CT molecular complexity index is 291. The summed E-state index contributed by atoms with van der Waals surface area (Å²) >= 11 is 0. The predicted molar refractivity (Wildman–Crippen MR) is 60.2 cm³/mol. The maximum atomic E-state index is 11.9. The lowest BCUT2D eigenvalue weighted by Gasteiger charge is -2.33. The van der Waals surface area contributed by atoms with Crippen LogP contribution >= 0.6 is 0 Å². The first-order valence-corrected chi connectivity index (χ1v) is 5.40. The summed E-state index contributed by atoms with van der Waals surface area (Å²) in [5.41, 5.74) is 0. The van der Waals surface area contributed by atoms with Gasteiger partial charge in [0.15, 0.2) is 0 Å². The molecule has 0 aromatic carbocycles. The van der Waals surface area contributed by atoms with Gasteiger partial charge in [0.2, 0.25) is 0 Å². The van der Waals surface area contributed by atoms with Crippen LogP contribution in [-0.2, 0) is 4.79 Å². The van der Waals surface area contributed by atoms with Gasteiger partial charge in [-0.15, -0.1) is 6.58 Å². The second kappa shape index (κ2) is 5.53. The van der Waals surface area contributed by atoms with Crippen LogP contribution in [0, 0.1) is 5.92 Å². The van der Waals surface area contributed by atoms with E-state index in [-0.39, 0.29) is 6.03 Å². The van der Waals surface area contributed by atoms with Crippen LogP contribution in [-0.4, -0.2) is 53.6 Å². The summed E-state index contributed by atoms with van der Waals surface area (Å²) in [5.74, 6) is -1.24. The lowest BCUT2D eigenvalue weighted by molar-refractivity contribution is -0.143. The Morgan fingerprint density at radius 2 is 2.31 bits per heavy atom. The van der Waals surface area contributed by atoms with E-state index < -0.39 is 11.9 Å². The Labute approximate surface area is 95.3 Å². The molecule has 1 rings (SSSR count). The SMILES string of the molecule is C=CCN(C)C(=O)N1CCCC(C(=O)O)C1. The fraction of sp³-hybridized carbons (Fsp3) is 0.636. The highest BCUT2D eigenvalue weighted by atomic mass is 16.4. The van der Waals surface area contributed by atoms with Crippen molar-refractivity contribution in [2.24, 2.45) is 5.92 Å². The van der Waals surface area contributed by atoms with Gasteiger partial charge in [0, 0.05) is 26.7 Å². The number of piperidine rings is 1. The Morgan fingerprint density at radius 3 is 2.88 bits per heavy atom. The molecule has 0 saturated carbocycles. The molecule has 1 N–H and O–H groups in total. The summed E-state index contributed by atoms with van der Waals surface area (Å²) in [4.78, 5) is 25.9. The molecule has 0 aliphatic carbocycles. The number of likely N-dealkylation sites (N-methyl/N-ethyl adjacent to an activating group) is 1. The van der Waals surface area contributed by atoms with Gasteiger partial charge in [-0.3, -0.25) is 4.79 Å². The van der Waals surface area contributed by atoms with Crippen LogP contribution < -0.4 is 0 Å². The van der Waals surface area contributed by atoms with E-state index in [1.54, 1.807) is 18.0 Å². The summed E-state index contributed by atoms with van der Waals surface area (Å²) in [6.45, 7) is 5.00. The Balaban J connectivity index is 2.56. The predicted octanol–water partition coefficient (Wildman–Crippen LogP) is 1.02. The molecule has 2 amide bonds. The van der Waals surface area contributed by atoms with E-state index in [9.17, 15) is 9.59 Å². The minimum Gasteiger partial charge on any atom is -0.481 e. The highest BCUT2D eigenvalue weighted by Crippen LogP contribution is 2.17. The third-order valence-corrected chi connectivity index (χ3v) is 2.77. The third-order valence-electron chi connectivity index (χ3n) is 2.77. The summed E-state index contributed by atoms with van der Waals surface area (Å²) < 4.78 is 0. The fourth-order valence-electron chi connectivity index (χ4n) is 1.87. The van der Waals surface area contributed by atoms with Crippen LogP contribution in [0.15, 0.2) is 12.7 Å². The number of aliphatic carboxylic acids is 1. The van der Waals surface area contributed by atoms with Crippen molar-refractivity contribution in [3.63, 3.8) is 0 Å². The molecule has 1 aliphatic heterocycles. The van der Waals surface area contributed by atoms with Crippen molar-refractivity contribution in [3.8, 4) is 0 Å². The van der Waals surface area contributed by atoms with E-state index in [1.165, 1.54) is 4.90 Å². The van der Waals surface area contributed by atoms with Crippen LogP contribution in [0.2, 0.25) is 0 Å². The molecule has 1 unspecified atom stereocenters. The number of carboxylic acids is 1. The van der Waals surface area contributed by atoms with E-state index in [1.807, 2.05) is 0 Å². The van der Waals surface area contributed by atoms with Crippen molar-refractivity contribution in [3.05, 3.63) is 12.7 Å². The van der Waals surface area contributed by atoms with Crippen molar-refractivity contribution in [2.45, 2.75) is 12.8 Å². The molecule has 16 heavy (non-hydrogen) atoms. The van der Waals surface area contributed by atoms with E-state index in [0.717, 1.165) is 6.42 Å². The van der Waals surface area contributed by atoms with Crippen molar-refractivity contribution in [1.82, 2.24) is 9.80 Å². The van der Waals surface area contributed by atoms with Crippen molar-refractivity contribution >= 4 is 12.0 Å². The van der Waals surface area contributed by atoms with Gasteiger partial charge in [0.25, 0.3) is 0 Å². The van der Waals surface area contributed by atoms with Gasteiger partial charge in [0.05, 0.1) is 5.92 Å². The molecule has 0 aromatic rings. The van der Waals surface area contributed by atoms with E-state index >= 15 is 0 Å². The Morgan fingerprint density at radius 1 is 1.62 bits per heavy atom. The van der Waals surface area contributed by atoms with E-state index in [4.69, 9.17) is 5.11 Å². The second-order valence-electron chi connectivity index (χ2n) is 4.08. The third kappa shape index (κ3) is 2.98. The summed E-state index contributed by atoms with van der Waals surface area (Å²) in [5, 5.41) is 8.91. The Kier molecular flexibility index (Phi) is 4.34. The van der Waals surface area contributed by atoms with Gasteiger partial charge >= 0.3 is 12.0 Å². The molecular weight excluding hydrogens is 208 g/mol. The van der Waals surface area contributed by atoms with Gasteiger partial charge < -0.3 is 14.9 Å². The first-order chi connectivity index (χ1) is 7.56. The van der Waals surface area contributed by atoms with E-state index in [2.05, 4.69) is 6.58 Å². The molecule has 90 valence electrons. The number of amides is 2. The Hall–Kier alpha value is -1.52. The quantitative estimate of drug-likeness (QED) is 0.731. The number of nitrogens with zero attached hydrogens (tertiary/aromatic N) is 2. The standard InChI is InChI=1S/C11H18N2O3/c1-3-6-12(2)11(16)13-7-4-5-9(8-13)10(14)15/h3,9H,1,4-8H2,2H3,(H,14,15). The first kappa shape index (κ1) is 12.5. The van der Waals surface area contributed by atoms with Crippen LogP contribution in [0.3, 0.4) is 0 Å². The van der Waals surface area contributed by atoms with Crippen molar-refractivity contribution in [1.29, 1.82) is 0 Å². The van der Waals surface area contributed by atoms with Gasteiger partial charge in [-0.2, -0.15) is 0 Å². The lowest BCUT2D eigenvalue weighted by atomic mass is 9.99. The lowest BCUT2D eigenvalue weighted by Crippen LogP contribution is -2.47. The van der Waals surface area contributed by atoms with Crippen LogP contribution in [0.4, 0.5) is 4.79 Å². The van der Waals surface area contributed by atoms with Crippen LogP contribution in [0.5, 0.6) is 0 Å². The molecule has 1 fully saturated rings. The molecule has 0 radical (unpaired) electrons. The highest BCUT2D eigenvalue weighted by Gasteiger charge is 2.29. The molecule has 5 nitrogen and oxygen atoms in total. The number of carbonyl (C=O) groups is 2. The molecule has 0 spiro atoms. The monoisotopic (exact) mass is 226 g/mol. The summed E-state index contributed by atoms with van der Waals surface area (Å²) in [6.07, 6.45) is 3.06. The second-order valence-corrected chi connectivity index (χ2v) is 4.08. The molecule has 0 bridgehead atoms. The zero-order chi connectivity index (χ0) is 12.1. The number of carbonyl (C=O) groups excluding carboxylic acids is 1. The number of rotatable bonds is 3. The minimum atomic E-state index is -0.816. The zero-order valence-corrected chi connectivity index (χ0v) is 9.56. The molecule has 0 aromatic heterocycles. The summed E-state index contributed by atoms with van der Waals surface area (Å²) in [7, 11) is 1.69. The topological polar surface area (TPSA) is 60.9 Å². The molecular formula is C11H18N2O3. The van der Waals surface area contributed by atoms with Crippen molar-refractivity contribution < 1.29 is 14.7 Å². The molecule has 1 atom stereocenters. The first-order valence-electron chi connectivity index (χ1n) is 5.40. The fourth-order valence-corrected chi connectivity index (χ4v) is 1.87. The number of urea groups is 1. The maximum absolute atomic E-state index is 11.9. The van der Waals surface area contributed by atoms with Gasteiger partial charge in [-0.25, -0.2) is 4.79 Å². The average molecular weight is 226 g/mol. The van der Waals surface area contributed by atoms with Crippen LogP contribution in [0.1, 0.15) is 12.8 Å². The minimum absolute atomic E-state index is 0.120.